The summed E-state index contributed by atoms with van der Waals surface area (Å²) in [6.07, 6.45) is 0.988. The molecule has 1 aromatic carbocycles. The van der Waals surface area contributed by atoms with Crippen molar-refractivity contribution in [2.24, 2.45) is 0 Å². The maximum atomic E-state index is 13.1. The quantitative estimate of drug-likeness (QED) is 0.745. The van der Waals surface area contributed by atoms with Gasteiger partial charge in [-0.1, -0.05) is 17.3 Å². The van der Waals surface area contributed by atoms with Gasteiger partial charge in [-0.3, -0.25) is 9.69 Å². The zero-order valence-electron chi connectivity index (χ0n) is 18.3. The molecular weight excluding hydrogens is 382 g/mol. The summed E-state index contributed by atoms with van der Waals surface area (Å²) in [6.45, 7) is 10.6. The van der Waals surface area contributed by atoms with Crippen LogP contribution in [0, 0.1) is 6.92 Å². The molecule has 3 heterocycles. The first-order valence-electron chi connectivity index (χ1n) is 10.7. The van der Waals surface area contributed by atoms with E-state index >= 15 is 0 Å². The highest BCUT2D eigenvalue weighted by Crippen LogP contribution is 2.26. The lowest BCUT2D eigenvalue weighted by atomic mass is 9.97. The predicted octanol–water partition coefficient (Wildman–Crippen LogP) is 1.83. The first kappa shape index (κ1) is 21.0. The molecule has 1 aromatic heterocycles. The fourth-order valence-corrected chi connectivity index (χ4v) is 4.51. The Labute approximate surface area is 177 Å². The molecule has 4 rings (SSSR count). The summed E-state index contributed by atoms with van der Waals surface area (Å²) in [5.74, 6) is -0.0729. The van der Waals surface area contributed by atoms with Crippen molar-refractivity contribution in [3.8, 4) is 5.69 Å². The van der Waals surface area contributed by atoms with E-state index in [4.69, 9.17) is 9.47 Å². The Balaban J connectivity index is 1.58. The second kappa shape index (κ2) is 8.83. The number of ether oxygens (including phenoxy) is 2. The first-order chi connectivity index (χ1) is 14.5. The molecule has 0 aliphatic carbocycles. The van der Waals surface area contributed by atoms with Crippen LogP contribution in [0.4, 0.5) is 0 Å². The van der Waals surface area contributed by atoms with Crippen LogP contribution in [-0.2, 0) is 22.4 Å². The Kier molecular flexibility index (Phi) is 6.17. The van der Waals surface area contributed by atoms with Gasteiger partial charge in [-0.2, -0.15) is 0 Å². The van der Waals surface area contributed by atoms with E-state index < -0.39 is 0 Å². The molecule has 2 aromatic rings. The van der Waals surface area contributed by atoms with Gasteiger partial charge in [-0.25, -0.2) is 4.68 Å². The molecule has 30 heavy (non-hydrogen) atoms. The number of rotatable bonds is 5. The molecule has 1 saturated heterocycles. The second-order valence-corrected chi connectivity index (χ2v) is 8.34. The van der Waals surface area contributed by atoms with Gasteiger partial charge in [0.1, 0.15) is 0 Å². The SMILES string of the molecule is COCCN1CCc2c(cccc2-n2nnc(C(=O)N3C[C@@H](C)O[C@H](C)C3)c2C)C1. The Morgan fingerprint density at radius 1 is 1.27 bits per heavy atom. The van der Waals surface area contributed by atoms with E-state index in [-0.39, 0.29) is 18.1 Å². The molecule has 0 radical (unpaired) electrons. The van der Waals surface area contributed by atoms with Crippen LogP contribution in [0.3, 0.4) is 0 Å². The van der Waals surface area contributed by atoms with Gasteiger partial charge < -0.3 is 14.4 Å². The molecule has 1 fully saturated rings. The Bertz CT molecular complexity index is 902. The summed E-state index contributed by atoms with van der Waals surface area (Å²) in [5.41, 5.74) is 4.81. The van der Waals surface area contributed by atoms with Crippen LogP contribution in [0.1, 0.15) is 41.2 Å². The smallest absolute Gasteiger partial charge is 0.276 e. The van der Waals surface area contributed by atoms with Crippen molar-refractivity contribution in [1.82, 2.24) is 24.8 Å². The van der Waals surface area contributed by atoms with Crippen LogP contribution < -0.4 is 0 Å². The van der Waals surface area contributed by atoms with Gasteiger partial charge in [0, 0.05) is 39.8 Å². The molecule has 1 amide bonds. The van der Waals surface area contributed by atoms with Crippen molar-refractivity contribution in [2.75, 3.05) is 39.9 Å². The van der Waals surface area contributed by atoms with E-state index in [1.807, 2.05) is 30.4 Å². The number of carbonyl (C=O) groups excluding carboxylic acids is 1. The number of hydrogen-bond donors (Lipinski definition) is 0. The van der Waals surface area contributed by atoms with Crippen molar-refractivity contribution in [1.29, 1.82) is 0 Å². The molecule has 0 unspecified atom stereocenters. The number of hydrogen-bond acceptors (Lipinski definition) is 6. The van der Waals surface area contributed by atoms with Gasteiger partial charge in [-0.15, -0.1) is 5.10 Å². The van der Waals surface area contributed by atoms with Gasteiger partial charge >= 0.3 is 0 Å². The highest BCUT2D eigenvalue weighted by molar-refractivity contribution is 5.93. The monoisotopic (exact) mass is 413 g/mol. The molecule has 0 N–H and O–H groups in total. The molecule has 8 heteroatoms. The van der Waals surface area contributed by atoms with Gasteiger partial charge in [0.25, 0.3) is 5.91 Å². The number of fused-ring (bicyclic) bond motifs is 1. The summed E-state index contributed by atoms with van der Waals surface area (Å²) < 4.78 is 12.8. The number of carbonyl (C=O) groups is 1. The van der Waals surface area contributed by atoms with E-state index in [1.165, 1.54) is 11.1 Å². The number of methoxy groups -OCH3 is 1. The molecule has 162 valence electrons. The molecule has 0 saturated carbocycles. The number of nitrogens with zero attached hydrogens (tertiary/aromatic N) is 5. The van der Waals surface area contributed by atoms with Crippen molar-refractivity contribution in [3.05, 3.63) is 40.7 Å². The lowest BCUT2D eigenvalue weighted by molar-refractivity contribution is -0.0587. The minimum atomic E-state index is -0.0729. The minimum absolute atomic E-state index is 0.0234. The van der Waals surface area contributed by atoms with E-state index in [9.17, 15) is 4.79 Å². The Morgan fingerprint density at radius 2 is 2.03 bits per heavy atom. The Morgan fingerprint density at radius 3 is 2.77 bits per heavy atom. The third-order valence-electron chi connectivity index (χ3n) is 5.96. The molecule has 8 nitrogen and oxygen atoms in total. The second-order valence-electron chi connectivity index (χ2n) is 8.34. The number of aromatic nitrogens is 3. The third kappa shape index (κ3) is 4.12. The molecule has 2 aliphatic rings. The Hall–Kier alpha value is -2.29. The maximum absolute atomic E-state index is 13.1. The van der Waals surface area contributed by atoms with E-state index in [1.54, 1.807) is 7.11 Å². The van der Waals surface area contributed by atoms with Gasteiger partial charge in [-0.05, 0) is 44.4 Å². The average Bonchev–Trinajstić information content (AvgIpc) is 3.11. The lowest BCUT2D eigenvalue weighted by Crippen LogP contribution is -2.48. The van der Waals surface area contributed by atoms with E-state index in [2.05, 4.69) is 33.4 Å². The fourth-order valence-electron chi connectivity index (χ4n) is 4.51. The molecular formula is C22H31N5O3. The van der Waals surface area contributed by atoms with Gasteiger partial charge in [0.2, 0.25) is 0 Å². The zero-order chi connectivity index (χ0) is 21.3. The van der Waals surface area contributed by atoms with Crippen molar-refractivity contribution < 1.29 is 14.3 Å². The number of morpholine rings is 1. The molecule has 0 spiro atoms. The van der Waals surface area contributed by atoms with Crippen LogP contribution in [0.2, 0.25) is 0 Å². The van der Waals surface area contributed by atoms with Crippen molar-refractivity contribution in [2.45, 2.75) is 45.9 Å². The summed E-state index contributed by atoms with van der Waals surface area (Å²) >= 11 is 0. The molecule has 0 bridgehead atoms. The zero-order valence-corrected chi connectivity index (χ0v) is 18.3. The number of amides is 1. The first-order valence-corrected chi connectivity index (χ1v) is 10.7. The molecule has 2 atom stereocenters. The average molecular weight is 414 g/mol. The summed E-state index contributed by atoms with van der Waals surface area (Å²) in [5, 5.41) is 8.65. The van der Waals surface area contributed by atoms with Crippen LogP contribution in [0.25, 0.3) is 5.69 Å². The highest BCUT2D eigenvalue weighted by Gasteiger charge is 2.30. The van der Waals surface area contributed by atoms with Crippen LogP contribution in [0.15, 0.2) is 18.2 Å². The van der Waals surface area contributed by atoms with Crippen molar-refractivity contribution >= 4 is 5.91 Å². The standard InChI is InChI=1S/C22H31N5O3/c1-15-12-26(13-16(2)30-15)22(28)21-17(3)27(24-23-21)20-7-5-6-18-14-25(10-11-29-4)9-8-19(18)20/h5-7,15-16H,8-14H2,1-4H3/t15-,16-/m1/s1. The van der Waals surface area contributed by atoms with E-state index in [0.717, 1.165) is 44.0 Å². The summed E-state index contributed by atoms with van der Waals surface area (Å²) in [7, 11) is 1.74. The van der Waals surface area contributed by atoms with Crippen LogP contribution in [0.5, 0.6) is 0 Å². The van der Waals surface area contributed by atoms with Crippen LogP contribution in [-0.4, -0.2) is 82.8 Å². The van der Waals surface area contributed by atoms with Gasteiger partial charge in [0.05, 0.1) is 30.2 Å². The topological polar surface area (TPSA) is 72.7 Å². The molecule has 2 aliphatic heterocycles. The lowest BCUT2D eigenvalue weighted by Gasteiger charge is -2.34. The fraction of sp³-hybridized carbons (Fsp3) is 0.591. The normalized spacial score (nSPS) is 22.2. The van der Waals surface area contributed by atoms with Gasteiger partial charge in [0.15, 0.2) is 5.69 Å². The highest BCUT2D eigenvalue weighted by atomic mass is 16.5. The van der Waals surface area contributed by atoms with Crippen LogP contribution >= 0.6 is 0 Å². The summed E-state index contributed by atoms with van der Waals surface area (Å²) in [4.78, 5) is 17.4. The minimum Gasteiger partial charge on any atom is -0.383 e. The third-order valence-corrected chi connectivity index (χ3v) is 5.96. The van der Waals surface area contributed by atoms with E-state index in [0.29, 0.717) is 18.8 Å². The number of benzene rings is 1. The largest absolute Gasteiger partial charge is 0.383 e. The van der Waals surface area contributed by atoms with Crippen molar-refractivity contribution in [3.63, 3.8) is 0 Å². The summed E-state index contributed by atoms with van der Waals surface area (Å²) in [6, 6.07) is 6.30. The predicted molar refractivity (Wildman–Crippen MR) is 113 cm³/mol. The maximum Gasteiger partial charge on any atom is 0.276 e.